The Balaban J connectivity index is 2.27. The molecule has 7 nitrogen and oxygen atoms in total. The summed E-state index contributed by atoms with van der Waals surface area (Å²) in [6, 6.07) is 7.16. The number of rotatable bonds is 3. The van der Waals surface area contributed by atoms with Gasteiger partial charge in [0, 0.05) is 11.1 Å². The standard InChI is InChI=1S/C13H9ClN2O5/c14-7-1-4-11(17)9(5-7)13(19)15-10-3-2-8(16(20)21)6-12(10)18/h1-6,17-18H,(H,15,19). The summed E-state index contributed by atoms with van der Waals surface area (Å²) < 4.78 is 0. The number of aromatic hydroxyl groups is 2. The van der Waals surface area contributed by atoms with Crippen LogP contribution in [0.1, 0.15) is 10.4 Å². The van der Waals surface area contributed by atoms with Crippen molar-refractivity contribution in [2.75, 3.05) is 5.32 Å². The molecule has 0 heterocycles. The number of benzene rings is 2. The number of anilines is 1. The number of amides is 1. The maximum Gasteiger partial charge on any atom is 0.273 e. The number of carbonyl (C=O) groups excluding carboxylic acids is 1. The number of hydrogen-bond acceptors (Lipinski definition) is 5. The molecule has 0 aliphatic rings. The highest BCUT2D eigenvalue weighted by molar-refractivity contribution is 6.31. The maximum absolute atomic E-state index is 12.0. The van der Waals surface area contributed by atoms with Gasteiger partial charge in [-0.3, -0.25) is 14.9 Å². The number of carbonyl (C=O) groups is 1. The van der Waals surface area contributed by atoms with Gasteiger partial charge in [-0.1, -0.05) is 11.6 Å². The molecule has 0 aliphatic heterocycles. The second-order valence-electron chi connectivity index (χ2n) is 4.07. The third-order valence-electron chi connectivity index (χ3n) is 2.64. The fraction of sp³-hybridized carbons (Fsp3) is 0. The third kappa shape index (κ3) is 3.21. The van der Waals surface area contributed by atoms with Crippen LogP contribution in [0.25, 0.3) is 0 Å². The second-order valence-corrected chi connectivity index (χ2v) is 4.51. The van der Waals surface area contributed by atoms with E-state index in [1.54, 1.807) is 0 Å². The van der Waals surface area contributed by atoms with Crippen molar-refractivity contribution in [3.63, 3.8) is 0 Å². The highest BCUT2D eigenvalue weighted by Gasteiger charge is 2.15. The summed E-state index contributed by atoms with van der Waals surface area (Å²) in [6.07, 6.45) is 0. The summed E-state index contributed by atoms with van der Waals surface area (Å²) in [5, 5.41) is 32.4. The minimum Gasteiger partial charge on any atom is -0.507 e. The Hall–Kier alpha value is -2.80. The van der Waals surface area contributed by atoms with Crippen LogP contribution < -0.4 is 5.32 Å². The molecule has 21 heavy (non-hydrogen) atoms. The Morgan fingerprint density at radius 1 is 1.14 bits per heavy atom. The molecule has 0 unspecified atom stereocenters. The summed E-state index contributed by atoms with van der Waals surface area (Å²) in [5.74, 6) is -1.45. The molecule has 0 radical (unpaired) electrons. The number of hydrogen-bond donors (Lipinski definition) is 3. The highest BCUT2D eigenvalue weighted by Crippen LogP contribution is 2.29. The van der Waals surface area contributed by atoms with E-state index in [4.69, 9.17) is 11.6 Å². The smallest absolute Gasteiger partial charge is 0.273 e. The van der Waals surface area contributed by atoms with Crippen molar-refractivity contribution >= 4 is 28.9 Å². The van der Waals surface area contributed by atoms with E-state index in [2.05, 4.69) is 5.32 Å². The van der Waals surface area contributed by atoms with E-state index < -0.39 is 16.6 Å². The quantitative estimate of drug-likeness (QED) is 0.458. The van der Waals surface area contributed by atoms with Gasteiger partial charge in [-0.05, 0) is 24.3 Å². The minimum absolute atomic E-state index is 0.0232. The first-order valence-corrected chi connectivity index (χ1v) is 6.03. The summed E-state index contributed by atoms with van der Waals surface area (Å²) >= 11 is 5.74. The number of nitrogens with zero attached hydrogens (tertiary/aromatic N) is 1. The van der Waals surface area contributed by atoms with Crippen molar-refractivity contribution in [1.82, 2.24) is 0 Å². The van der Waals surface area contributed by atoms with Crippen LogP contribution in [0.2, 0.25) is 5.02 Å². The number of phenols is 2. The molecule has 8 heteroatoms. The number of nitrogens with one attached hydrogen (secondary N) is 1. The first-order valence-electron chi connectivity index (χ1n) is 5.66. The molecule has 0 atom stereocenters. The van der Waals surface area contributed by atoms with Gasteiger partial charge in [0.05, 0.1) is 22.2 Å². The predicted molar refractivity (Wildman–Crippen MR) is 75.8 cm³/mol. The summed E-state index contributed by atoms with van der Waals surface area (Å²) in [7, 11) is 0. The van der Waals surface area contributed by atoms with Crippen molar-refractivity contribution in [1.29, 1.82) is 0 Å². The largest absolute Gasteiger partial charge is 0.507 e. The van der Waals surface area contributed by atoms with Gasteiger partial charge in [0.2, 0.25) is 0 Å². The number of phenolic OH excluding ortho intramolecular Hbond substituents is 2. The Morgan fingerprint density at radius 2 is 1.86 bits per heavy atom. The zero-order valence-corrected chi connectivity index (χ0v) is 11.2. The molecule has 0 spiro atoms. The van der Waals surface area contributed by atoms with E-state index in [1.165, 1.54) is 24.3 Å². The third-order valence-corrected chi connectivity index (χ3v) is 2.88. The van der Waals surface area contributed by atoms with E-state index in [1.807, 2.05) is 0 Å². The lowest BCUT2D eigenvalue weighted by Gasteiger charge is -2.08. The minimum atomic E-state index is -0.709. The molecule has 0 bridgehead atoms. The SMILES string of the molecule is O=C(Nc1ccc([N+](=O)[O-])cc1O)c1cc(Cl)ccc1O. The topological polar surface area (TPSA) is 113 Å². The first-order chi connectivity index (χ1) is 9.88. The van der Waals surface area contributed by atoms with Crippen LogP contribution in [0.15, 0.2) is 36.4 Å². The van der Waals surface area contributed by atoms with Gasteiger partial charge in [0.1, 0.15) is 11.5 Å². The van der Waals surface area contributed by atoms with Crippen molar-refractivity contribution in [2.24, 2.45) is 0 Å². The average Bonchev–Trinajstić information content (AvgIpc) is 2.43. The Morgan fingerprint density at radius 3 is 2.48 bits per heavy atom. The Labute approximate surface area is 123 Å². The second kappa shape index (κ2) is 5.68. The molecule has 2 aromatic carbocycles. The molecule has 0 aromatic heterocycles. The Bertz CT molecular complexity index is 732. The summed E-state index contributed by atoms with van der Waals surface area (Å²) in [6.45, 7) is 0. The van der Waals surface area contributed by atoms with Gasteiger partial charge < -0.3 is 15.5 Å². The van der Waals surface area contributed by atoms with E-state index in [-0.39, 0.29) is 27.7 Å². The summed E-state index contributed by atoms with van der Waals surface area (Å²) in [4.78, 5) is 21.9. The van der Waals surface area contributed by atoms with E-state index in [9.17, 15) is 25.1 Å². The summed E-state index contributed by atoms with van der Waals surface area (Å²) in [5.41, 5.74) is -0.415. The molecule has 0 saturated carbocycles. The fourth-order valence-corrected chi connectivity index (χ4v) is 1.79. The van der Waals surface area contributed by atoms with Crippen LogP contribution in [-0.2, 0) is 0 Å². The number of non-ortho nitro benzene ring substituents is 1. The molecular weight excluding hydrogens is 300 g/mol. The molecule has 108 valence electrons. The molecule has 0 fully saturated rings. The lowest BCUT2D eigenvalue weighted by molar-refractivity contribution is -0.384. The van der Waals surface area contributed by atoms with E-state index in [0.717, 1.165) is 12.1 Å². The van der Waals surface area contributed by atoms with Crippen LogP contribution in [0, 0.1) is 10.1 Å². The molecule has 2 aromatic rings. The van der Waals surface area contributed by atoms with E-state index in [0.29, 0.717) is 0 Å². The van der Waals surface area contributed by atoms with Gasteiger partial charge in [0.15, 0.2) is 0 Å². The van der Waals surface area contributed by atoms with Gasteiger partial charge in [-0.25, -0.2) is 0 Å². The highest BCUT2D eigenvalue weighted by atomic mass is 35.5. The van der Waals surface area contributed by atoms with Crippen molar-refractivity contribution in [3.8, 4) is 11.5 Å². The average molecular weight is 309 g/mol. The number of nitro benzene ring substituents is 1. The van der Waals surface area contributed by atoms with Crippen molar-refractivity contribution in [3.05, 3.63) is 57.1 Å². The van der Waals surface area contributed by atoms with Gasteiger partial charge >= 0.3 is 0 Å². The van der Waals surface area contributed by atoms with Crippen LogP contribution in [0.5, 0.6) is 11.5 Å². The van der Waals surface area contributed by atoms with Crippen LogP contribution in [0.4, 0.5) is 11.4 Å². The van der Waals surface area contributed by atoms with Crippen LogP contribution >= 0.6 is 11.6 Å². The van der Waals surface area contributed by atoms with Gasteiger partial charge in [-0.2, -0.15) is 0 Å². The normalized spacial score (nSPS) is 10.1. The molecule has 0 aliphatic carbocycles. The van der Waals surface area contributed by atoms with Gasteiger partial charge in [0.25, 0.3) is 11.6 Å². The predicted octanol–water partition coefficient (Wildman–Crippen LogP) is 2.91. The monoisotopic (exact) mass is 308 g/mol. The molecule has 3 N–H and O–H groups in total. The number of halogens is 1. The Kier molecular flexibility index (Phi) is 3.95. The zero-order chi connectivity index (χ0) is 15.6. The van der Waals surface area contributed by atoms with Gasteiger partial charge in [-0.15, -0.1) is 0 Å². The molecular formula is C13H9ClN2O5. The maximum atomic E-state index is 12.0. The fourth-order valence-electron chi connectivity index (χ4n) is 1.62. The van der Waals surface area contributed by atoms with Crippen LogP contribution in [0.3, 0.4) is 0 Å². The van der Waals surface area contributed by atoms with Crippen molar-refractivity contribution in [2.45, 2.75) is 0 Å². The molecule has 0 saturated heterocycles. The van der Waals surface area contributed by atoms with Crippen molar-refractivity contribution < 1.29 is 19.9 Å². The van der Waals surface area contributed by atoms with Crippen LogP contribution in [-0.4, -0.2) is 21.0 Å². The first kappa shape index (κ1) is 14.6. The lowest BCUT2D eigenvalue weighted by atomic mass is 10.1. The molecule has 1 amide bonds. The zero-order valence-electron chi connectivity index (χ0n) is 10.4. The lowest BCUT2D eigenvalue weighted by Crippen LogP contribution is -2.12. The molecule has 2 rings (SSSR count). The van der Waals surface area contributed by atoms with E-state index >= 15 is 0 Å². The number of nitro groups is 1.